The number of carbonyl (C=O) groups is 1. The maximum Gasteiger partial charge on any atom is 0.251 e. The van der Waals surface area contributed by atoms with Crippen LogP contribution in [-0.4, -0.2) is 39.6 Å². The van der Waals surface area contributed by atoms with Gasteiger partial charge in [-0.3, -0.25) is 4.79 Å². The maximum atomic E-state index is 12.2. The van der Waals surface area contributed by atoms with Crippen LogP contribution in [0.25, 0.3) is 0 Å². The fourth-order valence-electron chi connectivity index (χ4n) is 2.29. The Kier molecular flexibility index (Phi) is 6.15. The Hall–Kier alpha value is -1.44. The summed E-state index contributed by atoms with van der Waals surface area (Å²) < 4.78 is 32.4. The van der Waals surface area contributed by atoms with Gasteiger partial charge in [0, 0.05) is 24.8 Å². The van der Waals surface area contributed by atoms with Gasteiger partial charge in [-0.1, -0.05) is 6.92 Å². The molecular formula is C16H24N2O4S. The van der Waals surface area contributed by atoms with Gasteiger partial charge in [0.05, 0.1) is 11.0 Å². The molecule has 6 nitrogen and oxygen atoms in total. The summed E-state index contributed by atoms with van der Waals surface area (Å²) >= 11 is 0. The van der Waals surface area contributed by atoms with Crippen LogP contribution in [-0.2, 0) is 14.8 Å². The van der Waals surface area contributed by atoms with Crippen molar-refractivity contribution in [2.24, 2.45) is 0 Å². The van der Waals surface area contributed by atoms with Crippen LogP contribution in [0.3, 0.4) is 0 Å². The van der Waals surface area contributed by atoms with Crippen molar-refractivity contribution >= 4 is 15.9 Å². The molecule has 0 saturated carbocycles. The molecule has 0 bridgehead atoms. The highest BCUT2D eigenvalue weighted by molar-refractivity contribution is 7.89. The molecule has 0 spiro atoms. The fraction of sp³-hybridized carbons (Fsp3) is 0.562. The maximum absolute atomic E-state index is 12.2. The molecule has 23 heavy (non-hydrogen) atoms. The van der Waals surface area contributed by atoms with Gasteiger partial charge in [0.2, 0.25) is 10.0 Å². The number of hydrogen-bond acceptors (Lipinski definition) is 4. The smallest absolute Gasteiger partial charge is 0.251 e. The molecule has 1 aliphatic heterocycles. The third kappa shape index (κ3) is 5.02. The zero-order chi connectivity index (χ0) is 16.9. The van der Waals surface area contributed by atoms with Crippen LogP contribution in [0.5, 0.6) is 0 Å². The van der Waals surface area contributed by atoms with Crippen LogP contribution < -0.4 is 10.0 Å². The second-order valence-electron chi connectivity index (χ2n) is 5.79. The lowest BCUT2D eigenvalue weighted by Crippen LogP contribution is -2.32. The minimum Gasteiger partial charge on any atom is -0.377 e. The van der Waals surface area contributed by atoms with E-state index in [2.05, 4.69) is 10.0 Å². The molecule has 7 heteroatoms. The molecule has 2 atom stereocenters. The molecule has 2 unspecified atom stereocenters. The third-order valence-electron chi connectivity index (χ3n) is 3.94. The molecule has 1 fully saturated rings. The number of ether oxygens (including phenoxy) is 1. The van der Waals surface area contributed by atoms with Crippen molar-refractivity contribution in [3.05, 3.63) is 29.8 Å². The van der Waals surface area contributed by atoms with Gasteiger partial charge >= 0.3 is 0 Å². The van der Waals surface area contributed by atoms with E-state index in [-0.39, 0.29) is 29.5 Å². The van der Waals surface area contributed by atoms with Crippen LogP contribution in [0.1, 0.15) is 43.5 Å². The summed E-state index contributed by atoms with van der Waals surface area (Å²) in [6.07, 6.45) is 2.62. The van der Waals surface area contributed by atoms with Crippen molar-refractivity contribution < 1.29 is 17.9 Å². The average molecular weight is 340 g/mol. The van der Waals surface area contributed by atoms with Crippen molar-refractivity contribution in [2.45, 2.75) is 50.2 Å². The van der Waals surface area contributed by atoms with Crippen molar-refractivity contribution in [2.75, 3.05) is 13.2 Å². The highest BCUT2D eigenvalue weighted by Crippen LogP contribution is 2.14. The summed E-state index contributed by atoms with van der Waals surface area (Å²) in [6, 6.07) is 6.03. The van der Waals surface area contributed by atoms with E-state index >= 15 is 0 Å². The van der Waals surface area contributed by atoms with Gasteiger partial charge in [0.15, 0.2) is 0 Å². The molecule has 2 rings (SSSR count). The average Bonchev–Trinajstić information content (AvgIpc) is 3.06. The summed E-state index contributed by atoms with van der Waals surface area (Å²) in [5.41, 5.74) is 0.448. The summed E-state index contributed by atoms with van der Waals surface area (Å²) in [5.74, 6) is -0.199. The Morgan fingerprint density at radius 3 is 2.61 bits per heavy atom. The van der Waals surface area contributed by atoms with Gasteiger partial charge in [-0.15, -0.1) is 0 Å². The summed E-state index contributed by atoms with van der Waals surface area (Å²) in [7, 11) is -3.58. The first-order valence-electron chi connectivity index (χ1n) is 7.94. The predicted molar refractivity (Wildman–Crippen MR) is 87.8 cm³/mol. The van der Waals surface area contributed by atoms with E-state index in [1.54, 1.807) is 0 Å². The molecule has 1 amide bonds. The highest BCUT2D eigenvalue weighted by Gasteiger charge is 2.20. The van der Waals surface area contributed by atoms with Crippen LogP contribution >= 0.6 is 0 Å². The SMILES string of the molecule is CCC(C)NC(=O)c1ccc(S(=O)(=O)NCC2CCCO2)cc1. The number of carbonyl (C=O) groups excluding carboxylic acids is 1. The number of nitrogens with one attached hydrogen (secondary N) is 2. The lowest BCUT2D eigenvalue weighted by atomic mass is 10.2. The van der Waals surface area contributed by atoms with Crippen LogP contribution in [0.2, 0.25) is 0 Å². The van der Waals surface area contributed by atoms with Crippen molar-refractivity contribution in [3.63, 3.8) is 0 Å². The van der Waals surface area contributed by atoms with E-state index in [4.69, 9.17) is 4.74 Å². The summed E-state index contributed by atoms with van der Waals surface area (Å²) in [6.45, 7) is 4.87. The van der Waals surface area contributed by atoms with Crippen molar-refractivity contribution in [1.82, 2.24) is 10.0 Å². The van der Waals surface area contributed by atoms with E-state index in [1.807, 2.05) is 13.8 Å². The Morgan fingerprint density at radius 1 is 1.35 bits per heavy atom. The summed E-state index contributed by atoms with van der Waals surface area (Å²) in [5, 5.41) is 2.85. The monoisotopic (exact) mass is 340 g/mol. The van der Waals surface area contributed by atoms with Gasteiger partial charge in [-0.25, -0.2) is 13.1 Å². The van der Waals surface area contributed by atoms with E-state index in [9.17, 15) is 13.2 Å². The molecular weight excluding hydrogens is 316 g/mol. The largest absolute Gasteiger partial charge is 0.377 e. The molecule has 1 heterocycles. The molecule has 2 N–H and O–H groups in total. The lowest BCUT2D eigenvalue weighted by molar-refractivity contribution is 0.0939. The van der Waals surface area contributed by atoms with E-state index in [0.717, 1.165) is 19.3 Å². The molecule has 1 aromatic carbocycles. The second kappa shape index (κ2) is 7.90. The third-order valence-corrected chi connectivity index (χ3v) is 5.38. The van der Waals surface area contributed by atoms with E-state index in [0.29, 0.717) is 12.2 Å². The molecule has 0 aromatic heterocycles. The van der Waals surface area contributed by atoms with Crippen LogP contribution in [0, 0.1) is 0 Å². The first kappa shape index (κ1) is 17.9. The number of sulfonamides is 1. The van der Waals surface area contributed by atoms with Crippen molar-refractivity contribution in [1.29, 1.82) is 0 Å². The van der Waals surface area contributed by atoms with E-state index in [1.165, 1.54) is 24.3 Å². The molecule has 1 saturated heterocycles. The van der Waals surface area contributed by atoms with Crippen LogP contribution in [0.15, 0.2) is 29.2 Å². The predicted octanol–water partition coefficient (Wildman–Crippen LogP) is 1.67. The minimum absolute atomic E-state index is 0.0506. The molecule has 128 valence electrons. The number of benzene rings is 1. The Labute approximate surface area is 137 Å². The highest BCUT2D eigenvalue weighted by atomic mass is 32.2. The zero-order valence-electron chi connectivity index (χ0n) is 13.5. The Morgan fingerprint density at radius 2 is 2.04 bits per heavy atom. The first-order valence-corrected chi connectivity index (χ1v) is 9.43. The molecule has 0 radical (unpaired) electrons. The number of hydrogen-bond donors (Lipinski definition) is 2. The van der Waals surface area contributed by atoms with Gasteiger partial charge in [0.25, 0.3) is 5.91 Å². The quantitative estimate of drug-likeness (QED) is 0.791. The van der Waals surface area contributed by atoms with Gasteiger partial charge in [-0.05, 0) is 50.5 Å². The lowest BCUT2D eigenvalue weighted by Gasteiger charge is -2.13. The fourth-order valence-corrected chi connectivity index (χ4v) is 3.35. The first-order chi connectivity index (χ1) is 10.9. The Balaban J connectivity index is 1.98. The Bertz CT molecular complexity index is 622. The number of amides is 1. The zero-order valence-corrected chi connectivity index (χ0v) is 14.4. The minimum atomic E-state index is -3.58. The number of rotatable bonds is 7. The topological polar surface area (TPSA) is 84.5 Å². The van der Waals surface area contributed by atoms with Crippen LogP contribution in [0.4, 0.5) is 0 Å². The van der Waals surface area contributed by atoms with Gasteiger partial charge in [0.1, 0.15) is 0 Å². The normalized spacial score (nSPS) is 19.5. The second-order valence-corrected chi connectivity index (χ2v) is 7.56. The summed E-state index contributed by atoms with van der Waals surface area (Å²) in [4.78, 5) is 12.1. The van der Waals surface area contributed by atoms with Gasteiger partial charge in [-0.2, -0.15) is 0 Å². The van der Waals surface area contributed by atoms with E-state index < -0.39 is 10.0 Å². The molecule has 1 aliphatic rings. The molecule has 1 aromatic rings. The standard InChI is InChI=1S/C16H24N2O4S/c1-3-12(2)18-16(19)13-6-8-15(9-7-13)23(20,21)17-11-14-5-4-10-22-14/h6-9,12,14,17H,3-5,10-11H2,1-2H3,(H,18,19). The van der Waals surface area contributed by atoms with Gasteiger partial charge < -0.3 is 10.1 Å². The van der Waals surface area contributed by atoms with Crippen molar-refractivity contribution in [3.8, 4) is 0 Å². The molecule has 0 aliphatic carbocycles.